The van der Waals surface area contributed by atoms with Crippen molar-refractivity contribution in [2.24, 2.45) is 0 Å². The first-order valence-corrected chi connectivity index (χ1v) is 7.91. The Morgan fingerprint density at radius 2 is 1.54 bits per heavy atom. The Kier molecular flexibility index (Phi) is 2.87. The van der Waals surface area contributed by atoms with Crippen molar-refractivity contribution in [1.29, 1.82) is 0 Å². The fraction of sp³-hybridized carbons (Fsp3) is 0.455. The van der Waals surface area contributed by atoms with Gasteiger partial charge in [-0.25, -0.2) is 0 Å². The Balaban J connectivity index is 3.08. The van der Waals surface area contributed by atoms with Crippen LogP contribution in [0.2, 0.25) is 0 Å². The van der Waals surface area contributed by atoms with E-state index in [1.165, 1.54) is 0 Å². The molecule has 72 valence electrons. The normalized spacial score (nSPS) is 14.2. The van der Waals surface area contributed by atoms with Crippen molar-refractivity contribution < 1.29 is 0 Å². The molecule has 0 saturated carbocycles. The molecule has 1 rings (SSSR count). The minimum absolute atomic E-state index is 0.439. The van der Waals surface area contributed by atoms with Crippen LogP contribution in [0.4, 0.5) is 0 Å². The molecule has 0 aliphatic heterocycles. The third kappa shape index (κ3) is 2.14. The van der Waals surface area contributed by atoms with E-state index < -0.39 is 7.14 Å². The van der Waals surface area contributed by atoms with Gasteiger partial charge in [-0.15, -0.1) is 0 Å². The molecule has 0 unspecified atom stereocenters. The van der Waals surface area contributed by atoms with Crippen LogP contribution < -0.4 is 5.30 Å². The molecule has 0 radical (unpaired) electrons. The summed E-state index contributed by atoms with van der Waals surface area (Å²) in [6, 6.07) is 10.9. The minimum atomic E-state index is -1.28. The molecule has 0 fully saturated rings. The predicted octanol–water partition coefficient (Wildman–Crippen LogP) is 2.04. The van der Waals surface area contributed by atoms with Gasteiger partial charge < -0.3 is 0 Å². The molecule has 1 aromatic rings. The van der Waals surface area contributed by atoms with Crippen LogP contribution in [0.1, 0.15) is 20.8 Å². The molecule has 1 aromatic carbocycles. The van der Waals surface area contributed by atoms with E-state index in [2.05, 4.69) is 65.3 Å². The van der Waals surface area contributed by atoms with Gasteiger partial charge in [-0.2, -0.15) is 0 Å². The zero-order chi connectivity index (χ0) is 10.1. The molecule has 13 heavy (non-hydrogen) atoms. The van der Waals surface area contributed by atoms with E-state index in [1.807, 2.05) is 0 Å². The molecule has 0 heterocycles. The molecule has 2 heteroatoms. The molecule has 0 bridgehead atoms. The zero-order valence-electron chi connectivity index (χ0n) is 9.39. The first kappa shape index (κ1) is 10.8. The van der Waals surface area contributed by atoms with E-state index in [9.17, 15) is 0 Å². The van der Waals surface area contributed by atoms with Crippen LogP contribution in [0.3, 0.4) is 0 Å². The summed E-state index contributed by atoms with van der Waals surface area (Å²) in [5.74, 6) is 0. The van der Waals surface area contributed by atoms with Gasteiger partial charge in [0.25, 0.3) is 0 Å². The Morgan fingerprint density at radius 1 is 1.08 bits per heavy atom. The topological polar surface area (TPSA) is 0 Å². The maximum atomic E-state index is 2.45. The third-order valence-electron chi connectivity index (χ3n) is 3.37. The summed E-state index contributed by atoms with van der Waals surface area (Å²) in [5.41, 5.74) is 0. The molecular formula is C11H20BP. The van der Waals surface area contributed by atoms with Crippen LogP contribution in [-0.2, 0) is 0 Å². The van der Waals surface area contributed by atoms with Gasteiger partial charge in [0.05, 0.1) is 0 Å². The van der Waals surface area contributed by atoms with Crippen LogP contribution >= 0.6 is 7.14 Å². The van der Waals surface area contributed by atoms with E-state index in [0.717, 1.165) is 0 Å². The number of rotatable bonds is 1. The number of hydrogen-bond acceptors (Lipinski definition) is 0. The monoisotopic (exact) mass is 194 g/mol. The Morgan fingerprint density at radius 3 is 1.92 bits per heavy atom. The van der Waals surface area contributed by atoms with Crippen LogP contribution in [0.25, 0.3) is 0 Å². The first-order valence-electron chi connectivity index (χ1n) is 4.91. The van der Waals surface area contributed by atoms with Crippen molar-refractivity contribution in [2.45, 2.75) is 25.9 Å². The average molecular weight is 194 g/mol. The van der Waals surface area contributed by atoms with Crippen LogP contribution in [0.5, 0.6) is 0 Å². The van der Waals surface area contributed by atoms with Crippen molar-refractivity contribution in [1.82, 2.24) is 0 Å². The van der Waals surface area contributed by atoms with Gasteiger partial charge >= 0.3 is 82.9 Å². The molecule has 0 nitrogen and oxygen atoms in total. The summed E-state index contributed by atoms with van der Waals surface area (Å²) >= 11 is 0. The van der Waals surface area contributed by atoms with E-state index in [1.54, 1.807) is 5.30 Å². The molecule has 0 spiro atoms. The van der Waals surface area contributed by atoms with Crippen molar-refractivity contribution >= 4 is 20.0 Å². The predicted molar refractivity (Wildman–Crippen MR) is 68.6 cm³/mol. The number of benzene rings is 1. The number of hydrogen-bond donors (Lipinski definition) is 0. The van der Waals surface area contributed by atoms with E-state index in [0.29, 0.717) is 5.16 Å². The second-order valence-corrected chi connectivity index (χ2v) is 10.6. The fourth-order valence-electron chi connectivity index (χ4n) is 1.29. The van der Waals surface area contributed by atoms with Crippen molar-refractivity contribution in [2.75, 3.05) is 6.66 Å². The SMILES string of the molecule is B[PH](C)(c1ccccc1)C(C)(C)C. The van der Waals surface area contributed by atoms with Crippen LogP contribution in [0, 0.1) is 0 Å². The van der Waals surface area contributed by atoms with Gasteiger partial charge in [0, 0.05) is 0 Å². The average Bonchev–Trinajstić information content (AvgIpc) is 2.04. The Labute approximate surface area is 83.5 Å². The summed E-state index contributed by atoms with van der Waals surface area (Å²) < 4.78 is 0. The summed E-state index contributed by atoms with van der Waals surface area (Å²) in [6.45, 7) is 9.51. The quantitative estimate of drug-likeness (QED) is 0.474. The summed E-state index contributed by atoms with van der Waals surface area (Å²) in [6.07, 6.45) is 0. The van der Waals surface area contributed by atoms with E-state index >= 15 is 0 Å². The molecule has 0 aliphatic rings. The molecule has 0 aromatic heterocycles. The second-order valence-electron chi connectivity index (χ2n) is 5.24. The standard InChI is InChI=1S/C11H20BP/c1-11(2,3)13(4,12)10-8-6-5-7-9-10/h5-9,13H,12H2,1-4H3. The summed E-state index contributed by atoms with van der Waals surface area (Å²) in [4.78, 5) is 0. The zero-order valence-corrected chi connectivity index (χ0v) is 10.4. The molecule has 0 amide bonds. The van der Waals surface area contributed by atoms with Crippen molar-refractivity contribution in [3.63, 3.8) is 0 Å². The van der Waals surface area contributed by atoms with Crippen molar-refractivity contribution in [3.8, 4) is 0 Å². The van der Waals surface area contributed by atoms with Crippen LogP contribution in [0.15, 0.2) is 30.3 Å². The van der Waals surface area contributed by atoms with E-state index in [4.69, 9.17) is 0 Å². The van der Waals surface area contributed by atoms with Gasteiger partial charge in [-0.05, 0) is 0 Å². The molecular weight excluding hydrogens is 174 g/mol. The van der Waals surface area contributed by atoms with Gasteiger partial charge in [-0.1, -0.05) is 0 Å². The first-order chi connectivity index (χ1) is 5.86. The fourth-order valence-corrected chi connectivity index (χ4v) is 3.18. The van der Waals surface area contributed by atoms with Crippen molar-refractivity contribution in [3.05, 3.63) is 30.3 Å². The van der Waals surface area contributed by atoms with Gasteiger partial charge in [0.1, 0.15) is 0 Å². The molecule has 0 N–H and O–H groups in total. The molecule has 0 aliphatic carbocycles. The Hall–Kier alpha value is -0.285. The van der Waals surface area contributed by atoms with Crippen LogP contribution in [-0.4, -0.2) is 19.4 Å². The van der Waals surface area contributed by atoms with Gasteiger partial charge in [0.15, 0.2) is 0 Å². The second kappa shape index (κ2) is 3.46. The Bertz CT molecular complexity index is 272. The summed E-state index contributed by atoms with van der Waals surface area (Å²) in [5, 5.41) is 2.00. The van der Waals surface area contributed by atoms with Gasteiger partial charge in [-0.3, -0.25) is 0 Å². The van der Waals surface area contributed by atoms with E-state index in [-0.39, 0.29) is 0 Å². The summed E-state index contributed by atoms with van der Waals surface area (Å²) in [7, 11) is 1.17. The molecule has 0 saturated heterocycles. The van der Waals surface area contributed by atoms with Gasteiger partial charge in [0.2, 0.25) is 0 Å². The molecule has 0 atom stereocenters. The maximum absolute atomic E-state index is 2.45. The third-order valence-corrected chi connectivity index (χ3v) is 8.90.